The molecule has 0 amide bonds. The fraction of sp³-hybridized carbons (Fsp3) is 0.432. The van der Waals surface area contributed by atoms with Gasteiger partial charge >= 0.3 is 5.97 Å². The van der Waals surface area contributed by atoms with E-state index < -0.39 is 12.2 Å². The van der Waals surface area contributed by atoms with Gasteiger partial charge in [-0.3, -0.25) is 9.78 Å². The van der Waals surface area contributed by atoms with E-state index in [-0.39, 0.29) is 31.2 Å². The highest BCUT2D eigenvalue weighted by Crippen LogP contribution is 2.30. The van der Waals surface area contributed by atoms with Crippen molar-refractivity contribution in [2.24, 2.45) is 5.16 Å². The molecule has 0 fully saturated rings. The highest BCUT2D eigenvalue weighted by Gasteiger charge is 2.31. The molecule has 5 rings (SSSR count). The Hall–Kier alpha value is -4.37. The largest absolute Gasteiger partial charge is 0.497 e. The lowest BCUT2D eigenvalue weighted by Gasteiger charge is -2.32. The van der Waals surface area contributed by atoms with Crippen molar-refractivity contribution in [3.05, 3.63) is 95.3 Å². The van der Waals surface area contributed by atoms with Gasteiger partial charge in [-0.25, -0.2) is 0 Å². The zero-order valence-corrected chi connectivity index (χ0v) is 27.5. The van der Waals surface area contributed by atoms with Crippen LogP contribution < -0.4 is 14.4 Å². The fourth-order valence-electron chi connectivity index (χ4n) is 5.58. The summed E-state index contributed by atoms with van der Waals surface area (Å²) >= 11 is 0. The van der Waals surface area contributed by atoms with E-state index in [2.05, 4.69) is 30.0 Å². The first-order chi connectivity index (χ1) is 22.3. The van der Waals surface area contributed by atoms with E-state index in [1.54, 1.807) is 7.11 Å². The molecule has 0 aliphatic carbocycles. The summed E-state index contributed by atoms with van der Waals surface area (Å²) in [6, 6.07) is 19.5. The van der Waals surface area contributed by atoms with Gasteiger partial charge in [0.2, 0.25) is 0 Å². The van der Waals surface area contributed by atoms with E-state index in [9.17, 15) is 4.79 Å². The van der Waals surface area contributed by atoms with Crippen molar-refractivity contribution >= 4 is 17.4 Å². The average Bonchev–Trinajstić information content (AvgIpc) is 3.07. The number of pyridine rings is 1. The molecule has 4 atom stereocenters. The van der Waals surface area contributed by atoms with E-state index >= 15 is 0 Å². The van der Waals surface area contributed by atoms with E-state index in [0.717, 1.165) is 54.3 Å². The van der Waals surface area contributed by atoms with Crippen molar-refractivity contribution < 1.29 is 28.6 Å². The van der Waals surface area contributed by atoms with Crippen molar-refractivity contribution in [2.75, 3.05) is 31.7 Å². The molecule has 0 saturated carbocycles. The number of carbonyl (C=O) groups excluding carboxylic acids is 1. The van der Waals surface area contributed by atoms with Crippen LogP contribution in [0, 0.1) is 13.8 Å². The number of methoxy groups -OCH3 is 1. The van der Waals surface area contributed by atoms with Crippen LogP contribution in [0.3, 0.4) is 0 Å². The highest BCUT2D eigenvalue weighted by molar-refractivity contribution is 5.85. The number of nitrogens with zero attached hydrogens (tertiary/aromatic N) is 3. The third-order valence-electron chi connectivity index (χ3n) is 8.29. The predicted molar refractivity (Wildman–Crippen MR) is 179 cm³/mol. The molecule has 46 heavy (non-hydrogen) atoms. The second kappa shape index (κ2) is 15.8. The van der Waals surface area contributed by atoms with Gasteiger partial charge in [-0.2, -0.15) is 0 Å². The van der Waals surface area contributed by atoms with Crippen molar-refractivity contribution in [3.63, 3.8) is 0 Å². The standard InChI is InChI=1S/C37H45N3O6/c1-25-22-33-32(38-28(25)4)12-9-21-40(33)23-27(3)46-39-26(2)13-20-37(41)43-24-36-35(44-31-16-14-30(42-5)15-17-31)19-18-34(45-36)29-10-7-6-8-11-29/h6-8,10-11,14-19,22,27,34-36H,9,12-13,20-21,23-24H2,1-5H3/t27?,34-,35-,36+/m0/s1. The Labute approximate surface area is 272 Å². The molecule has 9 nitrogen and oxygen atoms in total. The molecule has 0 bridgehead atoms. The van der Waals surface area contributed by atoms with Gasteiger partial charge in [0, 0.05) is 12.2 Å². The summed E-state index contributed by atoms with van der Waals surface area (Å²) in [4.78, 5) is 25.7. The molecule has 0 spiro atoms. The number of esters is 1. The Balaban J connectivity index is 1.11. The molecule has 2 aliphatic heterocycles. The molecule has 3 heterocycles. The minimum Gasteiger partial charge on any atom is -0.497 e. The van der Waals surface area contributed by atoms with Gasteiger partial charge in [0.25, 0.3) is 0 Å². The maximum absolute atomic E-state index is 12.8. The SMILES string of the molecule is COc1ccc(O[C@H]2C=C[C@@H](c3ccccc3)O[C@@H]2COC(=O)CCC(C)=NOC(C)CN2CCCc3nc(C)c(C)cc32)cc1. The molecule has 1 unspecified atom stereocenters. The maximum atomic E-state index is 12.8. The summed E-state index contributed by atoms with van der Waals surface area (Å²) in [5.41, 5.74) is 6.39. The third kappa shape index (κ3) is 8.88. The monoisotopic (exact) mass is 627 g/mol. The van der Waals surface area contributed by atoms with Crippen LogP contribution in [0.15, 0.2) is 78.0 Å². The minimum absolute atomic E-state index is 0.0578. The van der Waals surface area contributed by atoms with Crippen molar-refractivity contribution in [2.45, 2.75) is 77.8 Å². The number of hydrogen-bond acceptors (Lipinski definition) is 9. The number of aromatic nitrogens is 1. The smallest absolute Gasteiger partial charge is 0.306 e. The van der Waals surface area contributed by atoms with E-state index in [1.165, 1.54) is 11.3 Å². The molecule has 2 aliphatic rings. The lowest BCUT2D eigenvalue weighted by Crippen LogP contribution is -2.40. The number of oxime groups is 1. The molecule has 9 heteroatoms. The Morgan fingerprint density at radius 2 is 1.83 bits per heavy atom. The summed E-state index contributed by atoms with van der Waals surface area (Å²) in [6.45, 7) is 9.79. The van der Waals surface area contributed by atoms with Gasteiger partial charge in [0.05, 0.1) is 37.2 Å². The normalized spacial score (nSPS) is 20.1. The number of anilines is 1. The summed E-state index contributed by atoms with van der Waals surface area (Å²) in [5, 5.41) is 4.32. The summed E-state index contributed by atoms with van der Waals surface area (Å²) in [7, 11) is 1.62. The fourth-order valence-corrected chi connectivity index (χ4v) is 5.58. The molecule has 0 saturated heterocycles. The number of carbonyl (C=O) groups is 1. The quantitative estimate of drug-likeness (QED) is 0.0894. The van der Waals surface area contributed by atoms with Crippen molar-refractivity contribution in [1.82, 2.24) is 4.98 Å². The van der Waals surface area contributed by atoms with E-state index in [0.29, 0.717) is 12.2 Å². The zero-order valence-electron chi connectivity index (χ0n) is 27.5. The van der Waals surface area contributed by atoms with Crippen LogP contribution in [0.5, 0.6) is 11.5 Å². The zero-order chi connectivity index (χ0) is 32.5. The first-order valence-corrected chi connectivity index (χ1v) is 16.1. The van der Waals surface area contributed by atoms with Crippen molar-refractivity contribution in [3.8, 4) is 11.5 Å². The Bertz CT molecular complexity index is 1510. The molecule has 244 valence electrons. The van der Waals surface area contributed by atoms with Gasteiger partial charge in [0.1, 0.15) is 42.5 Å². The Kier molecular flexibility index (Phi) is 11.3. The third-order valence-corrected chi connectivity index (χ3v) is 8.29. The van der Waals surface area contributed by atoms with Crippen LogP contribution in [0.4, 0.5) is 5.69 Å². The van der Waals surface area contributed by atoms with Gasteiger partial charge in [0.15, 0.2) is 0 Å². The molecule has 1 aromatic heterocycles. The van der Waals surface area contributed by atoms with Crippen LogP contribution in [-0.2, 0) is 25.5 Å². The number of ether oxygens (including phenoxy) is 4. The van der Waals surface area contributed by atoms with E-state index in [4.69, 9.17) is 28.8 Å². The van der Waals surface area contributed by atoms with Crippen LogP contribution in [0.1, 0.15) is 61.7 Å². The lowest BCUT2D eigenvalue weighted by atomic mass is 10.0. The molecule has 2 aromatic carbocycles. The molecular weight excluding hydrogens is 582 g/mol. The van der Waals surface area contributed by atoms with Crippen LogP contribution in [0.2, 0.25) is 0 Å². The van der Waals surface area contributed by atoms with Crippen LogP contribution in [0.25, 0.3) is 0 Å². The Morgan fingerprint density at radius 1 is 1.07 bits per heavy atom. The molecule has 0 radical (unpaired) electrons. The number of rotatable bonds is 13. The second-order valence-corrected chi connectivity index (χ2v) is 12.0. The topological polar surface area (TPSA) is 91.7 Å². The predicted octanol–water partition coefficient (Wildman–Crippen LogP) is 6.71. The van der Waals surface area contributed by atoms with Gasteiger partial charge < -0.3 is 28.7 Å². The van der Waals surface area contributed by atoms with Gasteiger partial charge in [-0.15, -0.1) is 0 Å². The summed E-state index contributed by atoms with van der Waals surface area (Å²) < 4.78 is 23.5. The molecule has 3 aromatic rings. The highest BCUT2D eigenvalue weighted by atomic mass is 16.6. The maximum Gasteiger partial charge on any atom is 0.306 e. The average molecular weight is 628 g/mol. The minimum atomic E-state index is -0.497. The first-order valence-electron chi connectivity index (χ1n) is 16.1. The van der Waals surface area contributed by atoms with Crippen LogP contribution >= 0.6 is 0 Å². The number of hydrogen-bond donors (Lipinski definition) is 0. The first kappa shape index (κ1) is 33.0. The number of benzene rings is 2. The van der Waals surface area contributed by atoms with Gasteiger partial charge in [-0.1, -0.05) is 41.6 Å². The number of fused-ring (bicyclic) bond motifs is 1. The number of aryl methyl sites for hydroxylation is 3. The lowest BCUT2D eigenvalue weighted by molar-refractivity contribution is -0.152. The summed E-state index contributed by atoms with van der Waals surface area (Å²) in [5.74, 6) is 1.08. The Morgan fingerprint density at radius 3 is 2.59 bits per heavy atom. The van der Waals surface area contributed by atoms with Gasteiger partial charge in [-0.05, 0) is 94.5 Å². The summed E-state index contributed by atoms with van der Waals surface area (Å²) in [6.07, 6.45) is 5.33. The molecular formula is C37H45N3O6. The second-order valence-electron chi connectivity index (χ2n) is 12.0. The van der Waals surface area contributed by atoms with Crippen molar-refractivity contribution in [1.29, 1.82) is 0 Å². The van der Waals surface area contributed by atoms with E-state index in [1.807, 2.05) is 80.6 Å². The molecule has 0 N–H and O–H groups in total. The van der Waals surface area contributed by atoms with Crippen LogP contribution in [-0.4, -0.2) is 61.8 Å².